The highest BCUT2D eigenvalue weighted by Gasteiger charge is 2.20. The minimum atomic E-state index is -0.747. The first-order valence-electron chi connectivity index (χ1n) is 7.38. The van der Waals surface area contributed by atoms with Crippen molar-refractivity contribution < 1.29 is 19.1 Å². The number of nitrogens with one attached hydrogen (secondary N) is 1. The Hall–Kier alpha value is -2.81. The highest BCUT2D eigenvalue weighted by Crippen LogP contribution is 2.20. The van der Waals surface area contributed by atoms with Crippen LogP contribution in [0, 0.1) is 25.2 Å². The van der Waals surface area contributed by atoms with Crippen LogP contribution in [-0.4, -0.2) is 24.8 Å². The maximum absolute atomic E-state index is 12.0. The van der Waals surface area contributed by atoms with E-state index in [4.69, 9.17) is 14.7 Å². The highest BCUT2D eigenvalue weighted by atomic mass is 16.6. The second-order valence-corrected chi connectivity index (χ2v) is 6.31. The Bertz CT molecular complexity index is 699. The van der Waals surface area contributed by atoms with Gasteiger partial charge in [0.1, 0.15) is 11.3 Å². The van der Waals surface area contributed by atoms with E-state index >= 15 is 0 Å². The smallest absolute Gasteiger partial charge is 0.412 e. The summed E-state index contributed by atoms with van der Waals surface area (Å²) in [5.41, 5.74) is 2.14. The molecular weight excluding hydrogens is 308 g/mol. The number of methoxy groups -OCH3 is 1. The summed E-state index contributed by atoms with van der Waals surface area (Å²) in [6.07, 6.45) is 0.768. The summed E-state index contributed by atoms with van der Waals surface area (Å²) in [5.74, 6) is -0.691. The van der Waals surface area contributed by atoms with Gasteiger partial charge in [0.05, 0.1) is 18.7 Å². The van der Waals surface area contributed by atoms with Gasteiger partial charge < -0.3 is 9.47 Å². The Morgan fingerprint density at radius 2 is 1.75 bits per heavy atom. The normalized spacial score (nSPS) is 11.5. The molecule has 6 nitrogen and oxygen atoms in total. The molecule has 0 aliphatic heterocycles. The molecule has 1 N–H and O–H groups in total. The van der Waals surface area contributed by atoms with Gasteiger partial charge in [-0.1, -0.05) is 0 Å². The lowest BCUT2D eigenvalue weighted by molar-refractivity contribution is -0.136. The zero-order chi connectivity index (χ0) is 18.5. The van der Waals surface area contributed by atoms with E-state index in [1.54, 1.807) is 32.9 Å². The SMILES string of the molecule is COC(=O)C(=Cc1c(C)cc(C#N)cc1C)NC(=O)OC(C)(C)C. The zero-order valence-corrected chi connectivity index (χ0v) is 14.8. The predicted octanol–water partition coefficient (Wildman–Crippen LogP) is 3.21. The van der Waals surface area contributed by atoms with E-state index in [0.29, 0.717) is 5.56 Å². The Morgan fingerprint density at radius 1 is 1.21 bits per heavy atom. The lowest BCUT2D eigenvalue weighted by atomic mass is 9.99. The molecule has 0 fully saturated rings. The summed E-state index contributed by atoms with van der Waals surface area (Å²) >= 11 is 0. The first-order chi connectivity index (χ1) is 11.1. The minimum Gasteiger partial charge on any atom is -0.464 e. The molecule has 0 heterocycles. The molecule has 0 saturated carbocycles. The van der Waals surface area contributed by atoms with Crippen LogP contribution in [0.15, 0.2) is 17.8 Å². The molecule has 1 rings (SSSR count). The molecule has 1 amide bonds. The maximum atomic E-state index is 12.0. The van der Waals surface area contributed by atoms with E-state index in [9.17, 15) is 9.59 Å². The summed E-state index contributed by atoms with van der Waals surface area (Å²) in [5, 5.41) is 11.4. The molecule has 0 radical (unpaired) electrons. The fourth-order valence-electron chi connectivity index (χ4n) is 2.08. The number of hydrogen-bond acceptors (Lipinski definition) is 5. The van der Waals surface area contributed by atoms with Gasteiger partial charge in [0.15, 0.2) is 0 Å². The number of alkyl carbamates (subject to hydrolysis) is 1. The molecule has 0 aliphatic rings. The number of hydrogen-bond donors (Lipinski definition) is 1. The van der Waals surface area contributed by atoms with Gasteiger partial charge >= 0.3 is 12.1 Å². The Labute approximate surface area is 142 Å². The highest BCUT2D eigenvalue weighted by molar-refractivity contribution is 5.97. The molecular formula is C18H22N2O4. The third-order valence-electron chi connectivity index (χ3n) is 3.05. The molecule has 0 aliphatic carbocycles. The van der Waals surface area contributed by atoms with E-state index < -0.39 is 17.7 Å². The van der Waals surface area contributed by atoms with Gasteiger partial charge in [-0.2, -0.15) is 5.26 Å². The second-order valence-electron chi connectivity index (χ2n) is 6.31. The van der Waals surface area contributed by atoms with Crippen LogP contribution in [0.25, 0.3) is 6.08 Å². The number of ether oxygens (including phenoxy) is 2. The van der Waals surface area contributed by atoms with Crippen molar-refractivity contribution in [2.75, 3.05) is 7.11 Å². The number of benzene rings is 1. The van der Waals surface area contributed by atoms with Crippen LogP contribution in [-0.2, 0) is 14.3 Å². The van der Waals surface area contributed by atoms with Gasteiger partial charge in [-0.15, -0.1) is 0 Å². The summed E-state index contributed by atoms with van der Waals surface area (Å²) < 4.78 is 9.87. The van der Waals surface area contributed by atoms with Crippen molar-refractivity contribution in [3.63, 3.8) is 0 Å². The van der Waals surface area contributed by atoms with E-state index in [-0.39, 0.29) is 5.70 Å². The molecule has 0 bridgehead atoms. The molecule has 0 aromatic heterocycles. The molecule has 6 heteroatoms. The summed E-state index contributed by atoms with van der Waals surface area (Å²) in [7, 11) is 1.23. The van der Waals surface area contributed by atoms with Crippen LogP contribution in [0.4, 0.5) is 4.79 Å². The van der Waals surface area contributed by atoms with Crippen LogP contribution >= 0.6 is 0 Å². The number of nitrogens with zero attached hydrogens (tertiary/aromatic N) is 1. The number of nitriles is 1. The minimum absolute atomic E-state index is 0.0392. The number of rotatable bonds is 3. The van der Waals surface area contributed by atoms with Crippen LogP contribution in [0.1, 0.15) is 43.0 Å². The van der Waals surface area contributed by atoms with Gasteiger partial charge in [0, 0.05) is 0 Å². The molecule has 128 valence electrons. The van der Waals surface area contributed by atoms with Crippen molar-refractivity contribution in [3.05, 3.63) is 40.1 Å². The molecule has 0 spiro atoms. The van der Waals surface area contributed by atoms with E-state index in [2.05, 4.69) is 11.4 Å². The number of carbonyl (C=O) groups excluding carboxylic acids is 2. The number of esters is 1. The van der Waals surface area contributed by atoms with Gasteiger partial charge in [-0.25, -0.2) is 9.59 Å². The number of aryl methyl sites for hydroxylation is 2. The average Bonchev–Trinajstić information content (AvgIpc) is 2.46. The monoisotopic (exact) mass is 330 g/mol. The molecule has 0 saturated heterocycles. The van der Waals surface area contributed by atoms with E-state index in [1.807, 2.05) is 13.8 Å². The third-order valence-corrected chi connectivity index (χ3v) is 3.05. The Kier molecular flexibility index (Phi) is 6.13. The molecule has 1 aromatic rings. The Balaban J connectivity index is 3.23. The van der Waals surface area contributed by atoms with Crippen molar-refractivity contribution >= 4 is 18.1 Å². The third kappa shape index (κ3) is 5.43. The molecule has 0 atom stereocenters. The fourth-order valence-corrected chi connectivity index (χ4v) is 2.08. The first kappa shape index (κ1) is 19.2. The van der Waals surface area contributed by atoms with Crippen molar-refractivity contribution in [3.8, 4) is 6.07 Å². The first-order valence-corrected chi connectivity index (χ1v) is 7.38. The predicted molar refractivity (Wildman–Crippen MR) is 90.0 cm³/mol. The van der Waals surface area contributed by atoms with Gasteiger partial charge in [0.25, 0.3) is 0 Å². The maximum Gasteiger partial charge on any atom is 0.412 e. The quantitative estimate of drug-likeness (QED) is 0.679. The Morgan fingerprint density at radius 3 is 2.17 bits per heavy atom. The molecule has 0 unspecified atom stereocenters. The van der Waals surface area contributed by atoms with Gasteiger partial charge in [-0.05, 0) is 69.5 Å². The largest absolute Gasteiger partial charge is 0.464 e. The van der Waals surface area contributed by atoms with Gasteiger partial charge in [-0.3, -0.25) is 5.32 Å². The fraction of sp³-hybridized carbons (Fsp3) is 0.389. The van der Waals surface area contributed by atoms with Crippen molar-refractivity contribution in [2.24, 2.45) is 0 Å². The van der Waals surface area contributed by atoms with Crippen molar-refractivity contribution in [1.82, 2.24) is 5.32 Å². The second kappa shape index (κ2) is 7.64. The lowest BCUT2D eigenvalue weighted by Crippen LogP contribution is -2.34. The van der Waals surface area contributed by atoms with Crippen LogP contribution in [0.5, 0.6) is 0 Å². The van der Waals surface area contributed by atoms with Crippen LogP contribution < -0.4 is 5.32 Å². The van der Waals surface area contributed by atoms with Crippen molar-refractivity contribution in [2.45, 2.75) is 40.2 Å². The summed E-state index contributed by atoms with van der Waals surface area (Å²) in [6.45, 7) is 8.82. The van der Waals surface area contributed by atoms with Crippen molar-refractivity contribution in [1.29, 1.82) is 5.26 Å². The summed E-state index contributed by atoms with van der Waals surface area (Å²) in [6, 6.07) is 5.50. The number of carbonyl (C=O) groups is 2. The average molecular weight is 330 g/mol. The molecule has 1 aromatic carbocycles. The van der Waals surface area contributed by atoms with Crippen LogP contribution in [0.3, 0.4) is 0 Å². The standard InChI is InChI=1S/C18H22N2O4/c1-11-7-13(10-19)8-12(2)14(11)9-15(16(21)23-6)20-17(22)24-18(3,4)5/h7-9H,1-6H3,(H,20,22). The summed E-state index contributed by atoms with van der Waals surface area (Å²) in [4.78, 5) is 23.9. The number of amides is 1. The lowest BCUT2D eigenvalue weighted by Gasteiger charge is -2.20. The zero-order valence-electron chi connectivity index (χ0n) is 14.8. The van der Waals surface area contributed by atoms with E-state index in [0.717, 1.165) is 16.7 Å². The van der Waals surface area contributed by atoms with Crippen LogP contribution in [0.2, 0.25) is 0 Å². The topological polar surface area (TPSA) is 88.4 Å². The van der Waals surface area contributed by atoms with E-state index in [1.165, 1.54) is 13.2 Å². The van der Waals surface area contributed by atoms with Gasteiger partial charge in [0.2, 0.25) is 0 Å². The molecule has 24 heavy (non-hydrogen) atoms.